The van der Waals surface area contributed by atoms with Gasteiger partial charge in [-0.3, -0.25) is 0 Å². The summed E-state index contributed by atoms with van der Waals surface area (Å²) in [4.78, 5) is 8.18. The molecule has 6 heteroatoms. The van der Waals surface area contributed by atoms with Gasteiger partial charge in [0.2, 0.25) is 5.95 Å². The van der Waals surface area contributed by atoms with Crippen molar-refractivity contribution in [1.29, 1.82) is 0 Å². The lowest BCUT2D eigenvalue weighted by Gasteiger charge is -2.15. The third-order valence-corrected chi connectivity index (χ3v) is 3.23. The molecule has 100 valence electrons. The average molecular weight is 298 g/mol. The van der Waals surface area contributed by atoms with Crippen molar-refractivity contribution in [3.8, 4) is 0 Å². The van der Waals surface area contributed by atoms with E-state index in [1.54, 1.807) is 30.6 Å². The average Bonchev–Trinajstić information content (AvgIpc) is 2.38. The maximum atomic E-state index is 10.1. The van der Waals surface area contributed by atoms with Gasteiger partial charge in [0.1, 0.15) is 0 Å². The molecule has 0 aliphatic heterocycles. The number of nitrogens with zero attached hydrogens (tertiary/aromatic N) is 2. The van der Waals surface area contributed by atoms with Crippen LogP contribution >= 0.6 is 23.2 Å². The number of benzene rings is 1. The van der Waals surface area contributed by atoms with Crippen molar-refractivity contribution < 1.29 is 5.11 Å². The number of aliphatic hydroxyl groups is 1. The molecule has 1 atom stereocenters. The van der Waals surface area contributed by atoms with Crippen molar-refractivity contribution in [2.24, 2.45) is 0 Å². The zero-order valence-corrected chi connectivity index (χ0v) is 11.8. The highest BCUT2D eigenvalue weighted by Gasteiger charge is 2.15. The fourth-order valence-corrected chi connectivity index (χ4v) is 2.25. The highest BCUT2D eigenvalue weighted by atomic mass is 35.5. The molecule has 1 heterocycles. The summed E-state index contributed by atoms with van der Waals surface area (Å²) in [7, 11) is 0. The second kappa shape index (κ2) is 6.19. The molecule has 0 bridgehead atoms. The predicted molar refractivity (Wildman–Crippen MR) is 76.7 cm³/mol. The van der Waals surface area contributed by atoms with Crippen LogP contribution in [0.2, 0.25) is 10.0 Å². The van der Waals surface area contributed by atoms with Crippen molar-refractivity contribution in [3.63, 3.8) is 0 Å². The summed E-state index contributed by atoms with van der Waals surface area (Å²) in [6.07, 6.45) is 2.57. The molecule has 2 N–H and O–H groups in total. The first-order chi connectivity index (χ1) is 9.08. The summed E-state index contributed by atoms with van der Waals surface area (Å²) in [5.74, 6) is 0.452. The number of rotatable bonds is 4. The number of nitrogens with one attached hydrogen (secondary N) is 1. The lowest BCUT2D eigenvalue weighted by atomic mass is 10.1. The summed E-state index contributed by atoms with van der Waals surface area (Å²) < 4.78 is 0. The molecule has 1 aromatic carbocycles. The second-order valence-corrected chi connectivity index (χ2v) is 4.93. The summed E-state index contributed by atoms with van der Waals surface area (Å²) in [6, 6.07) is 5.11. The normalized spacial score (nSPS) is 12.2. The standard InChI is InChI=1S/C13H13Cl2N3O/c1-8-5-16-13(17-6-8)18-7-11(19)12-9(14)3-2-4-10(12)15/h2-6,11,19H,7H2,1H3,(H,16,17,18). The van der Waals surface area contributed by atoms with E-state index in [2.05, 4.69) is 15.3 Å². The molecule has 0 saturated heterocycles. The lowest BCUT2D eigenvalue weighted by Crippen LogP contribution is -2.14. The van der Waals surface area contributed by atoms with Crippen LogP contribution in [0.4, 0.5) is 5.95 Å². The Balaban J connectivity index is 2.05. The SMILES string of the molecule is Cc1cnc(NCC(O)c2c(Cl)cccc2Cl)nc1. The molecule has 0 aliphatic carbocycles. The van der Waals surface area contributed by atoms with Crippen LogP contribution in [-0.2, 0) is 0 Å². The van der Waals surface area contributed by atoms with E-state index < -0.39 is 6.10 Å². The molecule has 0 saturated carbocycles. The first-order valence-corrected chi connectivity index (χ1v) is 6.48. The van der Waals surface area contributed by atoms with Gasteiger partial charge in [-0.15, -0.1) is 0 Å². The molecule has 0 radical (unpaired) electrons. The number of hydrogen-bond acceptors (Lipinski definition) is 4. The minimum Gasteiger partial charge on any atom is -0.386 e. The van der Waals surface area contributed by atoms with Crippen LogP contribution in [0.3, 0.4) is 0 Å². The highest BCUT2D eigenvalue weighted by molar-refractivity contribution is 6.36. The molecular weight excluding hydrogens is 285 g/mol. The van der Waals surface area contributed by atoms with Gasteiger partial charge in [0.25, 0.3) is 0 Å². The first kappa shape index (κ1) is 14.1. The van der Waals surface area contributed by atoms with E-state index in [9.17, 15) is 5.11 Å². The molecule has 0 amide bonds. The fourth-order valence-electron chi connectivity index (χ4n) is 1.60. The Labute approximate surface area is 121 Å². The second-order valence-electron chi connectivity index (χ2n) is 4.12. The molecule has 1 aromatic heterocycles. The summed E-state index contributed by atoms with van der Waals surface area (Å²) in [5.41, 5.74) is 1.48. The molecule has 0 spiro atoms. The zero-order valence-electron chi connectivity index (χ0n) is 10.3. The minimum atomic E-state index is -0.828. The van der Waals surface area contributed by atoms with Crippen LogP contribution in [0.15, 0.2) is 30.6 Å². The Hall–Kier alpha value is -1.36. The zero-order chi connectivity index (χ0) is 13.8. The van der Waals surface area contributed by atoms with Gasteiger partial charge < -0.3 is 10.4 Å². The van der Waals surface area contributed by atoms with Crippen LogP contribution in [0.25, 0.3) is 0 Å². The van der Waals surface area contributed by atoms with Crippen molar-refractivity contribution in [2.75, 3.05) is 11.9 Å². The Kier molecular flexibility index (Phi) is 4.58. The van der Waals surface area contributed by atoms with Gasteiger partial charge in [-0.2, -0.15) is 0 Å². The topological polar surface area (TPSA) is 58.0 Å². The lowest BCUT2D eigenvalue weighted by molar-refractivity contribution is 0.191. The van der Waals surface area contributed by atoms with E-state index in [0.29, 0.717) is 21.6 Å². The van der Waals surface area contributed by atoms with E-state index in [0.717, 1.165) is 5.56 Å². The highest BCUT2D eigenvalue weighted by Crippen LogP contribution is 2.30. The Bertz CT molecular complexity index is 540. The smallest absolute Gasteiger partial charge is 0.222 e. The Morgan fingerprint density at radius 3 is 2.37 bits per heavy atom. The largest absolute Gasteiger partial charge is 0.386 e. The van der Waals surface area contributed by atoms with E-state index in [1.807, 2.05) is 6.92 Å². The molecule has 0 fully saturated rings. The molecular formula is C13H13Cl2N3O. The van der Waals surface area contributed by atoms with Gasteiger partial charge in [-0.1, -0.05) is 29.3 Å². The van der Waals surface area contributed by atoms with Gasteiger partial charge in [0.15, 0.2) is 0 Å². The van der Waals surface area contributed by atoms with E-state index in [1.165, 1.54) is 0 Å². The summed E-state index contributed by atoms with van der Waals surface area (Å²) >= 11 is 12.0. The van der Waals surface area contributed by atoms with Crippen LogP contribution in [0.1, 0.15) is 17.2 Å². The van der Waals surface area contributed by atoms with Crippen molar-refractivity contribution in [2.45, 2.75) is 13.0 Å². The molecule has 0 aliphatic rings. The Morgan fingerprint density at radius 2 is 1.79 bits per heavy atom. The van der Waals surface area contributed by atoms with Gasteiger partial charge in [-0.05, 0) is 24.6 Å². The van der Waals surface area contributed by atoms with Gasteiger partial charge in [0.05, 0.1) is 6.10 Å². The molecule has 19 heavy (non-hydrogen) atoms. The van der Waals surface area contributed by atoms with E-state index >= 15 is 0 Å². The fraction of sp³-hybridized carbons (Fsp3) is 0.231. The third kappa shape index (κ3) is 3.56. The maximum absolute atomic E-state index is 10.1. The quantitative estimate of drug-likeness (QED) is 0.910. The predicted octanol–water partition coefficient (Wildman–Crippen LogP) is 3.24. The van der Waals surface area contributed by atoms with Crippen molar-refractivity contribution >= 4 is 29.2 Å². The number of aliphatic hydroxyl groups excluding tert-OH is 1. The van der Waals surface area contributed by atoms with Gasteiger partial charge >= 0.3 is 0 Å². The minimum absolute atomic E-state index is 0.229. The summed E-state index contributed by atoms with van der Waals surface area (Å²) in [5, 5.41) is 13.9. The Morgan fingerprint density at radius 1 is 1.21 bits per heavy atom. The van der Waals surface area contributed by atoms with Crippen LogP contribution in [-0.4, -0.2) is 21.6 Å². The maximum Gasteiger partial charge on any atom is 0.222 e. The number of aromatic nitrogens is 2. The molecule has 2 rings (SSSR count). The van der Waals surface area contributed by atoms with Crippen molar-refractivity contribution in [3.05, 3.63) is 51.8 Å². The van der Waals surface area contributed by atoms with Crippen molar-refractivity contribution in [1.82, 2.24) is 9.97 Å². The summed E-state index contributed by atoms with van der Waals surface area (Å²) in [6.45, 7) is 2.13. The number of halogens is 2. The molecule has 1 unspecified atom stereocenters. The monoisotopic (exact) mass is 297 g/mol. The molecule has 4 nitrogen and oxygen atoms in total. The van der Waals surface area contributed by atoms with E-state index in [-0.39, 0.29) is 6.54 Å². The first-order valence-electron chi connectivity index (χ1n) is 5.72. The van der Waals surface area contributed by atoms with Gasteiger partial charge in [0, 0.05) is 34.5 Å². The number of aryl methyl sites for hydroxylation is 1. The van der Waals surface area contributed by atoms with Crippen LogP contribution in [0, 0.1) is 6.92 Å². The number of hydrogen-bond donors (Lipinski definition) is 2. The molecule has 2 aromatic rings. The van der Waals surface area contributed by atoms with Gasteiger partial charge in [-0.25, -0.2) is 9.97 Å². The van der Waals surface area contributed by atoms with E-state index in [4.69, 9.17) is 23.2 Å². The van der Waals surface area contributed by atoms with Crippen LogP contribution < -0.4 is 5.32 Å². The number of anilines is 1. The third-order valence-electron chi connectivity index (χ3n) is 2.57. The van der Waals surface area contributed by atoms with Crippen LogP contribution in [0.5, 0.6) is 0 Å².